The highest BCUT2D eigenvalue weighted by molar-refractivity contribution is 5.85. The van der Waals surface area contributed by atoms with Crippen LogP contribution >= 0.6 is 24.8 Å². The normalized spacial score (nSPS) is 15.6. The Kier molecular flexibility index (Phi) is 11.5. The van der Waals surface area contributed by atoms with Crippen molar-refractivity contribution in [2.75, 3.05) is 19.6 Å². The van der Waals surface area contributed by atoms with Crippen molar-refractivity contribution < 1.29 is 14.0 Å². The molecule has 1 saturated heterocycles. The molecule has 1 unspecified atom stereocenters. The van der Waals surface area contributed by atoms with E-state index in [0.29, 0.717) is 44.0 Å². The second-order valence-corrected chi connectivity index (χ2v) is 7.06. The first-order valence-corrected chi connectivity index (χ1v) is 9.93. The van der Waals surface area contributed by atoms with Gasteiger partial charge in [-0.05, 0) is 19.3 Å². The number of benzene rings is 1. The Labute approximate surface area is 189 Å². The number of hydrogen-bond donors (Lipinski definition) is 2. The fourth-order valence-corrected chi connectivity index (χ4v) is 3.51. The molecule has 0 radical (unpaired) electrons. The number of carbonyl (C=O) groups excluding carboxylic acids is 2. The van der Waals surface area contributed by atoms with Crippen molar-refractivity contribution in [1.82, 2.24) is 15.2 Å². The van der Waals surface area contributed by atoms with E-state index in [1.54, 1.807) is 6.20 Å². The summed E-state index contributed by atoms with van der Waals surface area (Å²) in [4.78, 5) is 30.6. The van der Waals surface area contributed by atoms with Crippen LogP contribution in [0.1, 0.15) is 38.0 Å². The number of hydrogen-bond acceptors (Lipinski definition) is 5. The van der Waals surface area contributed by atoms with Gasteiger partial charge in [0.2, 0.25) is 11.8 Å². The van der Waals surface area contributed by atoms with Gasteiger partial charge in [-0.3, -0.25) is 9.59 Å². The lowest BCUT2D eigenvalue weighted by molar-refractivity contribution is -0.135. The Hall–Kier alpha value is -2.09. The highest BCUT2D eigenvalue weighted by Crippen LogP contribution is 2.21. The number of aromatic nitrogens is 1. The number of carbonyl (C=O) groups is 2. The number of nitrogens with two attached hydrogens (primary N) is 1. The van der Waals surface area contributed by atoms with Crippen LogP contribution in [0.15, 0.2) is 40.9 Å². The summed E-state index contributed by atoms with van der Waals surface area (Å²) >= 11 is 0. The summed E-state index contributed by atoms with van der Waals surface area (Å²) in [6.07, 6.45) is 5.81. The summed E-state index contributed by atoms with van der Waals surface area (Å²) in [5.74, 6) is 1.30. The minimum atomic E-state index is -0.0614. The minimum absolute atomic E-state index is 0. The van der Waals surface area contributed by atoms with Crippen molar-refractivity contribution in [1.29, 1.82) is 0 Å². The van der Waals surface area contributed by atoms with Crippen molar-refractivity contribution in [2.24, 2.45) is 5.73 Å². The maximum Gasteiger partial charge on any atom is 0.223 e. The van der Waals surface area contributed by atoms with Crippen molar-refractivity contribution in [3.63, 3.8) is 0 Å². The molecule has 0 spiro atoms. The SMILES string of the molecule is Cl.Cl.NCCC(=O)NCC1CCCCN1C(=O)CCc1ncc(-c2ccccc2)o1. The molecule has 3 rings (SSSR count). The summed E-state index contributed by atoms with van der Waals surface area (Å²) in [6.45, 7) is 1.55. The van der Waals surface area contributed by atoms with Crippen molar-refractivity contribution in [3.8, 4) is 11.3 Å². The summed E-state index contributed by atoms with van der Waals surface area (Å²) in [5.41, 5.74) is 6.38. The van der Waals surface area contributed by atoms with Crippen molar-refractivity contribution >= 4 is 36.6 Å². The number of piperidine rings is 1. The van der Waals surface area contributed by atoms with Crippen LogP contribution in [0.3, 0.4) is 0 Å². The number of nitrogens with zero attached hydrogens (tertiary/aromatic N) is 2. The molecule has 166 valence electrons. The maximum absolute atomic E-state index is 12.8. The summed E-state index contributed by atoms with van der Waals surface area (Å²) < 4.78 is 5.79. The van der Waals surface area contributed by atoms with Crippen LogP contribution in [0, 0.1) is 0 Å². The maximum atomic E-state index is 12.8. The summed E-state index contributed by atoms with van der Waals surface area (Å²) in [7, 11) is 0. The molecule has 1 atom stereocenters. The highest BCUT2D eigenvalue weighted by atomic mass is 35.5. The number of halogens is 2. The number of nitrogens with one attached hydrogen (secondary N) is 1. The zero-order valence-corrected chi connectivity index (χ0v) is 18.6. The Morgan fingerprint density at radius 3 is 2.67 bits per heavy atom. The average molecular weight is 457 g/mol. The Morgan fingerprint density at radius 2 is 1.93 bits per heavy atom. The van der Waals surface area contributed by atoms with Crippen LogP contribution in [0.25, 0.3) is 11.3 Å². The van der Waals surface area contributed by atoms with Gasteiger partial charge in [0.05, 0.1) is 6.20 Å². The van der Waals surface area contributed by atoms with Gasteiger partial charge in [0, 0.05) is 50.5 Å². The molecule has 0 aliphatic carbocycles. The van der Waals surface area contributed by atoms with Gasteiger partial charge in [0.15, 0.2) is 11.7 Å². The smallest absolute Gasteiger partial charge is 0.223 e. The lowest BCUT2D eigenvalue weighted by atomic mass is 10.0. The van der Waals surface area contributed by atoms with E-state index in [9.17, 15) is 9.59 Å². The minimum Gasteiger partial charge on any atom is -0.441 e. The highest BCUT2D eigenvalue weighted by Gasteiger charge is 2.27. The predicted molar refractivity (Wildman–Crippen MR) is 121 cm³/mol. The largest absolute Gasteiger partial charge is 0.441 e. The molecule has 0 saturated carbocycles. The van der Waals surface area contributed by atoms with E-state index >= 15 is 0 Å². The first-order valence-electron chi connectivity index (χ1n) is 9.93. The van der Waals surface area contributed by atoms with E-state index in [-0.39, 0.29) is 42.7 Å². The number of amides is 2. The molecule has 9 heteroatoms. The van der Waals surface area contributed by atoms with Gasteiger partial charge in [0.1, 0.15) is 0 Å². The van der Waals surface area contributed by atoms with Gasteiger partial charge in [0.25, 0.3) is 0 Å². The third-order valence-electron chi connectivity index (χ3n) is 5.02. The molecule has 0 bridgehead atoms. The lowest BCUT2D eigenvalue weighted by Crippen LogP contribution is -2.49. The van der Waals surface area contributed by atoms with Gasteiger partial charge in [-0.25, -0.2) is 4.98 Å². The second kappa shape index (κ2) is 13.3. The fourth-order valence-electron chi connectivity index (χ4n) is 3.51. The van der Waals surface area contributed by atoms with Crippen LogP contribution in [0.5, 0.6) is 0 Å². The molecular weight excluding hydrogens is 427 g/mol. The third-order valence-corrected chi connectivity index (χ3v) is 5.02. The van der Waals surface area contributed by atoms with Crippen LogP contribution in [-0.4, -0.2) is 47.4 Å². The molecule has 1 aromatic heterocycles. The molecule has 2 amide bonds. The first-order chi connectivity index (χ1) is 13.7. The Bertz CT molecular complexity index is 786. The topological polar surface area (TPSA) is 101 Å². The van der Waals surface area contributed by atoms with Gasteiger partial charge in [-0.2, -0.15) is 0 Å². The number of rotatable bonds is 8. The van der Waals surface area contributed by atoms with Crippen LogP contribution in [0.4, 0.5) is 0 Å². The zero-order valence-electron chi connectivity index (χ0n) is 16.9. The standard InChI is InChI=1S/C21H28N4O3.2ClH/c22-12-11-19(26)23-14-17-8-4-5-13-25(17)21(27)10-9-20-24-15-18(28-20)16-6-2-1-3-7-16;;/h1-3,6-7,15,17H,4-5,8-14,22H2,(H,23,26);2*1H. The van der Waals surface area contributed by atoms with Crippen molar-refractivity contribution in [3.05, 3.63) is 42.4 Å². The average Bonchev–Trinajstić information content (AvgIpc) is 3.21. The molecular formula is C21H30Cl2N4O3. The first kappa shape index (κ1) is 25.9. The lowest BCUT2D eigenvalue weighted by Gasteiger charge is -2.36. The number of likely N-dealkylation sites (tertiary alicyclic amines) is 1. The van der Waals surface area contributed by atoms with E-state index in [0.717, 1.165) is 31.4 Å². The predicted octanol–water partition coefficient (Wildman–Crippen LogP) is 2.96. The van der Waals surface area contributed by atoms with E-state index in [1.165, 1.54) is 0 Å². The quantitative estimate of drug-likeness (QED) is 0.635. The molecule has 2 heterocycles. The van der Waals surface area contributed by atoms with E-state index < -0.39 is 0 Å². The molecule has 1 fully saturated rings. The van der Waals surface area contributed by atoms with Crippen molar-refractivity contribution in [2.45, 2.75) is 44.6 Å². The van der Waals surface area contributed by atoms with Crippen LogP contribution < -0.4 is 11.1 Å². The molecule has 3 N–H and O–H groups in total. The zero-order chi connectivity index (χ0) is 19.8. The van der Waals surface area contributed by atoms with Gasteiger partial charge in [-0.15, -0.1) is 24.8 Å². The second-order valence-electron chi connectivity index (χ2n) is 7.06. The third kappa shape index (κ3) is 7.31. The molecule has 1 aliphatic heterocycles. The molecule has 7 nitrogen and oxygen atoms in total. The molecule has 1 aliphatic rings. The molecule has 1 aromatic carbocycles. The van der Waals surface area contributed by atoms with E-state index in [2.05, 4.69) is 10.3 Å². The van der Waals surface area contributed by atoms with Crippen LogP contribution in [-0.2, 0) is 16.0 Å². The van der Waals surface area contributed by atoms with Gasteiger partial charge < -0.3 is 20.4 Å². The monoisotopic (exact) mass is 456 g/mol. The number of aryl methyl sites for hydroxylation is 1. The summed E-state index contributed by atoms with van der Waals surface area (Å²) in [5, 5.41) is 2.89. The molecule has 30 heavy (non-hydrogen) atoms. The van der Waals surface area contributed by atoms with Gasteiger partial charge in [-0.1, -0.05) is 30.3 Å². The van der Waals surface area contributed by atoms with E-state index in [1.807, 2.05) is 35.2 Å². The van der Waals surface area contributed by atoms with Gasteiger partial charge >= 0.3 is 0 Å². The fraction of sp³-hybridized carbons (Fsp3) is 0.476. The number of oxazole rings is 1. The Balaban J connectivity index is 0.00000225. The summed E-state index contributed by atoms with van der Waals surface area (Å²) in [6, 6.07) is 9.83. The van der Waals surface area contributed by atoms with Crippen LogP contribution in [0.2, 0.25) is 0 Å². The van der Waals surface area contributed by atoms with E-state index in [4.69, 9.17) is 10.2 Å². The molecule has 2 aromatic rings. The Morgan fingerprint density at radius 1 is 1.17 bits per heavy atom.